The highest BCUT2D eigenvalue weighted by molar-refractivity contribution is 5.87. The molecule has 29 heavy (non-hydrogen) atoms. The fourth-order valence-electron chi connectivity index (χ4n) is 5.10. The van der Waals surface area contributed by atoms with Crippen molar-refractivity contribution in [3.63, 3.8) is 0 Å². The number of amides is 2. The van der Waals surface area contributed by atoms with Crippen molar-refractivity contribution in [2.45, 2.75) is 13.0 Å². The molecule has 4 heterocycles. The van der Waals surface area contributed by atoms with E-state index in [4.69, 9.17) is 0 Å². The minimum atomic E-state index is 0.0876. The molecule has 2 aliphatic heterocycles. The molecule has 0 bridgehead atoms. The molecule has 0 unspecified atom stereocenters. The van der Waals surface area contributed by atoms with Gasteiger partial charge in [0.05, 0.1) is 11.4 Å². The number of carbonyl (C=O) groups excluding carboxylic acids is 1. The predicted molar refractivity (Wildman–Crippen MR) is 113 cm³/mol. The number of aromatic nitrogens is 3. The molecule has 1 N–H and O–H groups in total. The topological polar surface area (TPSA) is 68.4 Å². The van der Waals surface area contributed by atoms with E-state index in [2.05, 4.69) is 55.9 Å². The van der Waals surface area contributed by atoms with Crippen molar-refractivity contribution >= 4 is 22.9 Å². The standard InChI is InChI=1S/C22H26N6O/c1-14-6-4-5-7-16(14)19-18-12-27(10-15(18)11-28(19)22(29)26(2)3)21-17-8-9-23-20(17)24-13-25-21/h4-9,13,15,18-19H,10-12H2,1-3H3,(H,23,24,25)/t15-,18-,19+/m1/s1. The fourth-order valence-corrected chi connectivity index (χ4v) is 5.10. The van der Waals surface area contributed by atoms with Gasteiger partial charge in [0, 0.05) is 51.8 Å². The van der Waals surface area contributed by atoms with E-state index < -0.39 is 0 Å². The van der Waals surface area contributed by atoms with Crippen LogP contribution >= 0.6 is 0 Å². The number of nitrogens with one attached hydrogen (secondary N) is 1. The van der Waals surface area contributed by atoms with Crippen LogP contribution in [-0.4, -0.2) is 64.5 Å². The van der Waals surface area contributed by atoms with Gasteiger partial charge in [-0.2, -0.15) is 0 Å². The minimum absolute atomic E-state index is 0.0876. The Bertz CT molecular complexity index is 1060. The summed E-state index contributed by atoms with van der Waals surface area (Å²) in [6.45, 7) is 4.71. The summed E-state index contributed by atoms with van der Waals surface area (Å²) in [5, 5.41) is 1.06. The highest BCUT2D eigenvalue weighted by Gasteiger charge is 2.50. The number of urea groups is 1. The SMILES string of the molecule is Cc1ccccc1[C@H]1[C@@H]2CN(c3ncnc4[nH]ccc34)C[C@@H]2CN1C(=O)N(C)C. The van der Waals surface area contributed by atoms with Gasteiger partial charge in [-0.1, -0.05) is 24.3 Å². The Morgan fingerprint density at radius 1 is 1.14 bits per heavy atom. The van der Waals surface area contributed by atoms with Crippen LogP contribution in [0.1, 0.15) is 17.2 Å². The molecule has 2 fully saturated rings. The molecule has 2 saturated heterocycles. The average molecular weight is 390 g/mol. The van der Waals surface area contributed by atoms with Crippen molar-refractivity contribution in [2.75, 3.05) is 38.6 Å². The lowest BCUT2D eigenvalue weighted by atomic mass is 9.88. The molecule has 0 aliphatic carbocycles. The molecule has 150 valence electrons. The van der Waals surface area contributed by atoms with Gasteiger partial charge in [-0.25, -0.2) is 14.8 Å². The number of nitrogens with zero attached hydrogens (tertiary/aromatic N) is 5. The molecule has 3 atom stereocenters. The van der Waals surface area contributed by atoms with E-state index in [1.807, 2.05) is 26.4 Å². The molecule has 0 spiro atoms. The third-order valence-electron chi connectivity index (χ3n) is 6.43. The van der Waals surface area contributed by atoms with E-state index in [-0.39, 0.29) is 12.1 Å². The van der Waals surface area contributed by atoms with Crippen molar-refractivity contribution in [1.29, 1.82) is 0 Å². The Morgan fingerprint density at radius 2 is 1.97 bits per heavy atom. The predicted octanol–water partition coefficient (Wildman–Crippen LogP) is 3.06. The van der Waals surface area contributed by atoms with Gasteiger partial charge in [0.2, 0.25) is 0 Å². The summed E-state index contributed by atoms with van der Waals surface area (Å²) in [6.07, 6.45) is 3.54. The van der Waals surface area contributed by atoms with Crippen molar-refractivity contribution in [3.05, 3.63) is 54.0 Å². The molecule has 2 aromatic heterocycles. The monoisotopic (exact) mass is 390 g/mol. The van der Waals surface area contributed by atoms with Gasteiger partial charge >= 0.3 is 6.03 Å². The van der Waals surface area contributed by atoms with E-state index in [0.29, 0.717) is 11.8 Å². The first-order valence-corrected chi connectivity index (χ1v) is 10.1. The number of aryl methyl sites for hydroxylation is 1. The quantitative estimate of drug-likeness (QED) is 0.730. The number of benzene rings is 1. The summed E-state index contributed by atoms with van der Waals surface area (Å²) in [7, 11) is 3.67. The first-order chi connectivity index (χ1) is 14.0. The number of hydrogen-bond donors (Lipinski definition) is 1. The Kier molecular flexibility index (Phi) is 4.19. The maximum Gasteiger partial charge on any atom is 0.320 e. The second-order valence-electron chi connectivity index (χ2n) is 8.40. The lowest BCUT2D eigenvalue weighted by molar-refractivity contribution is 0.159. The van der Waals surface area contributed by atoms with Crippen LogP contribution in [0.4, 0.5) is 10.6 Å². The second-order valence-corrected chi connectivity index (χ2v) is 8.40. The number of anilines is 1. The second kappa shape index (κ2) is 6.76. The van der Waals surface area contributed by atoms with Crippen LogP contribution in [0.5, 0.6) is 0 Å². The van der Waals surface area contributed by atoms with Crippen LogP contribution in [0.2, 0.25) is 0 Å². The summed E-state index contributed by atoms with van der Waals surface area (Å²) in [5.41, 5.74) is 3.36. The summed E-state index contributed by atoms with van der Waals surface area (Å²) >= 11 is 0. The molecule has 1 aromatic carbocycles. The maximum absolute atomic E-state index is 13.0. The molecule has 3 aromatic rings. The summed E-state index contributed by atoms with van der Waals surface area (Å²) < 4.78 is 0. The number of H-pyrrole nitrogens is 1. The van der Waals surface area contributed by atoms with Gasteiger partial charge in [0.25, 0.3) is 0 Å². The normalized spacial score (nSPS) is 23.6. The van der Waals surface area contributed by atoms with Gasteiger partial charge in [-0.15, -0.1) is 0 Å². The van der Waals surface area contributed by atoms with Crippen molar-refractivity contribution < 1.29 is 4.79 Å². The van der Waals surface area contributed by atoms with Crippen LogP contribution in [0.15, 0.2) is 42.9 Å². The van der Waals surface area contributed by atoms with Crippen LogP contribution in [0.25, 0.3) is 11.0 Å². The number of hydrogen-bond acceptors (Lipinski definition) is 4. The van der Waals surface area contributed by atoms with Crippen LogP contribution in [0.3, 0.4) is 0 Å². The van der Waals surface area contributed by atoms with E-state index in [1.165, 1.54) is 11.1 Å². The Hall–Kier alpha value is -3.09. The minimum Gasteiger partial charge on any atom is -0.355 e. The van der Waals surface area contributed by atoms with Crippen molar-refractivity contribution in [2.24, 2.45) is 11.8 Å². The highest BCUT2D eigenvalue weighted by atomic mass is 16.2. The van der Waals surface area contributed by atoms with Crippen molar-refractivity contribution in [1.82, 2.24) is 24.8 Å². The first kappa shape index (κ1) is 18.0. The summed E-state index contributed by atoms with van der Waals surface area (Å²) in [5.74, 6) is 1.79. The Balaban J connectivity index is 1.51. The Morgan fingerprint density at radius 3 is 2.76 bits per heavy atom. The van der Waals surface area contributed by atoms with Gasteiger partial charge < -0.3 is 19.7 Å². The summed E-state index contributed by atoms with van der Waals surface area (Å²) in [4.78, 5) is 31.2. The third kappa shape index (κ3) is 2.84. The molecular weight excluding hydrogens is 364 g/mol. The van der Waals surface area contributed by atoms with Gasteiger partial charge in [0.15, 0.2) is 0 Å². The number of rotatable bonds is 2. The van der Waals surface area contributed by atoms with E-state index >= 15 is 0 Å². The molecule has 0 saturated carbocycles. The van der Waals surface area contributed by atoms with E-state index in [1.54, 1.807) is 11.2 Å². The number of carbonyl (C=O) groups is 1. The smallest absolute Gasteiger partial charge is 0.320 e. The van der Waals surface area contributed by atoms with Crippen LogP contribution in [0, 0.1) is 18.8 Å². The van der Waals surface area contributed by atoms with E-state index in [0.717, 1.165) is 36.5 Å². The van der Waals surface area contributed by atoms with Crippen LogP contribution in [-0.2, 0) is 0 Å². The van der Waals surface area contributed by atoms with Crippen molar-refractivity contribution in [3.8, 4) is 0 Å². The maximum atomic E-state index is 13.0. The molecule has 2 amide bonds. The van der Waals surface area contributed by atoms with E-state index in [9.17, 15) is 4.79 Å². The number of likely N-dealkylation sites (tertiary alicyclic amines) is 1. The molecule has 7 heteroatoms. The average Bonchev–Trinajstić information content (AvgIpc) is 3.41. The number of aromatic amines is 1. The fraction of sp³-hybridized carbons (Fsp3) is 0.409. The third-order valence-corrected chi connectivity index (χ3v) is 6.43. The molecule has 7 nitrogen and oxygen atoms in total. The zero-order chi connectivity index (χ0) is 20.1. The molecular formula is C22H26N6O. The van der Waals surface area contributed by atoms with Gasteiger partial charge in [-0.05, 0) is 24.1 Å². The van der Waals surface area contributed by atoms with Gasteiger partial charge in [-0.3, -0.25) is 0 Å². The first-order valence-electron chi connectivity index (χ1n) is 10.1. The van der Waals surface area contributed by atoms with Gasteiger partial charge in [0.1, 0.15) is 17.8 Å². The zero-order valence-corrected chi connectivity index (χ0v) is 17.0. The molecule has 2 aliphatic rings. The summed E-state index contributed by atoms with van der Waals surface area (Å²) in [6, 6.07) is 10.7. The molecule has 0 radical (unpaired) electrons. The lowest BCUT2D eigenvalue weighted by Crippen LogP contribution is -2.41. The molecule has 5 rings (SSSR count). The highest BCUT2D eigenvalue weighted by Crippen LogP contribution is 2.47. The number of fused-ring (bicyclic) bond motifs is 2. The zero-order valence-electron chi connectivity index (χ0n) is 17.0. The van der Waals surface area contributed by atoms with Crippen LogP contribution < -0.4 is 4.90 Å². The lowest BCUT2D eigenvalue weighted by Gasteiger charge is -2.32. The largest absolute Gasteiger partial charge is 0.355 e. The Labute approximate surface area is 170 Å².